The number of esters is 2. The van der Waals surface area contributed by atoms with Crippen LogP contribution in [-0.2, 0) is 38.7 Å². The molecule has 6 atom stereocenters. The van der Waals surface area contributed by atoms with Crippen LogP contribution in [0.1, 0.15) is 155 Å². The fraction of sp³-hybridized carbons (Fsp3) is 0.702. The molecular weight excluding hydrogens is 789 g/mol. The van der Waals surface area contributed by atoms with Gasteiger partial charge in [-0.25, -0.2) is 0 Å². The highest BCUT2D eigenvalue weighted by Gasteiger charge is 2.46. The predicted octanol–water partition coefficient (Wildman–Crippen LogP) is 9.11. The standard InChI is InChI=1S/C47H78O12S/c1-3-5-7-9-11-13-15-17-18-19-20-21-22-24-25-27-29-31-33-35-42(48)56-37-40(38-57-47-46(52)45(51)44(50)41(59-47)39-60(53,54)55)58-43(49)36-34-32-30-28-26-23-16-14-12-10-8-6-4-2/h6,8,11-14,17-18,23,26,30,32,40-41,44-47,50-52H,3-5,7,9-10,15-16,19-22,24-25,27-29,31,33-39H2,1-2H3,(H,53,54,55)/b8-6-,13-11-,14-12-,18-17-,26-23-,32-30-. The van der Waals surface area contributed by atoms with Crippen molar-refractivity contribution in [1.29, 1.82) is 0 Å². The van der Waals surface area contributed by atoms with E-state index in [-0.39, 0.29) is 19.4 Å². The van der Waals surface area contributed by atoms with Crippen LogP contribution in [0, 0.1) is 0 Å². The number of aliphatic hydroxyl groups is 3. The van der Waals surface area contributed by atoms with Crippen LogP contribution in [0.5, 0.6) is 0 Å². The van der Waals surface area contributed by atoms with Crippen LogP contribution in [0.2, 0.25) is 0 Å². The summed E-state index contributed by atoms with van der Waals surface area (Å²) in [5, 5.41) is 30.8. The fourth-order valence-corrected chi connectivity index (χ4v) is 7.00. The molecule has 1 aliphatic heterocycles. The third-order valence-electron chi connectivity index (χ3n) is 9.78. The molecule has 1 rings (SSSR count). The van der Waals surface area contributed by atoms with Gasteiger partial charge >= 0.3 is 11.9 Å². The molecular formula is C47H78O12S. The van der Waals surface area contributed by atoms with Crippen molar-refractivity contribution in [2.24, 2.45) is 0 Å². The van der Waals surface area contributed by atoms with Gasteiger partial charge in [-0.15, -0.1) is 0 Å². The van der Waals surface area contributed by atoms with Crippen molar-refractivity contribution >= 4 is 22.1 Å². The second-order valence-electron chi connectivity index (χ2n) is 15.3. The van der Waals surface area contributed by atoms with Gasteiger partial charge in [0, 0.05) is 12.8 Å². The molecule has 1 saturated heterocycles. The molecule has 0 aromatic carbocycles. The monoisotopic (exact) mass is 867 g/mol. The van der Waals surface area contributed by atoms with Gasteiger partial charge in [-0.2, -0.15) is 8.42 Å². The third-order valence-corrected chi connectivity index (χ3v) is 10.5. The first-order chi connectivity index (χ1) is 29.0. The van der Waals surface area contributed by atoms with E-state index in [1.54, 1.807) is 0 Å². The Morgan fingerprint density at radius 3 is 1.63 bits per heavy atom. The summed E-state index contributed by atoms with van der Waals surface area (Å²) in [6.45, 7) is 3.54. The quantitative estimate of drug-likeness (QED) is 0.0203. The zero-order chi connectivity index (χ0) is 44.1. The molecule has 1 heterocycles. The van der Waals surface area contributed by atoms with Gasteiger partial charge in [0.2, 0.25) is 0 Å². The molecule has 12 nitrogen and oxygen atoms in total. The zero-order valence-corrected chi connectivity index (χ0v) is 37.3. The Bertz CT molecular complexity index is 1390. The average Bonchev–Trinajstić information content (AvgIpc) is 3.21. The van der Waals surface area contributed by atoms with Crippen LogP contribution in [0.15, 0.2) is 72.9 Å². The lowest BCUT2D eigenvalue weighted by atomic mass is 10.00. The second kappa shape index (κ2) is 36.7. The third kappa shape index (κ3) is 31.0. The highest BCUT2D eigenvalue weighted by Crippen LogP contribution is 2.24. The summed E-state index contributed by atoms with van der Waals surface area (Å²) >= 11 is 0. The van der Waals surface area contributed by atoms with Gasteiger partial charge < -0.3 is 34.3 Å². The number of carbonyl (C=O) groups is 2. The molecule has 1 fully saturated rings. The number of rotatable bonds is 36. The molecule has 0 amide bonds. The summed E-state index contributed by atoms with van der Waals surface area (Å²) in [5.74, 6) is -2.10. The Morgan fingerprint density at radius 2 is 1.08 bits per heavy atom. The van der Waals surface area contributed by atoms with Gasteiger partial charge in [0.25, 0.3) is 10.1 Å². The van der Waals surface area contributed by atoms with E-state index < -0.39 is 71.2 Å². The van der Waals surface area contributed by atoms with Crippen molar-refractivity contribution in [1.82, 2.24) is 0 Å². The van der Waals surface area contributed by atoms with Gasteiger partial charge in [-0.05, 0) is 70.6 Å². The van der Waals surface area contributed by atoms with Crippen molar-refractivity contribution in [3.63, 3.8) is 0 Å². The molecule has 6 unspecified atom stereocenters. The lowest BCUT2D eigenvalue weighted by Gasteiger charge is -2.40. The molecule has 60 heavy (non-hydrogen) atoms. The minimum atomic E-state index is -4.61. The van der Waals surface area contributed by atoms with Gasteiger partial charge in [0.05, 0.1) is 6.61 Å². The smallest absolute Gasteiger partial charge is 0.306 e. The van der Waals surface area contributed by atoms with Crippen LogP contribution in [0.3, 0.4) is 0 Å². The summed E-state index contributed by atoms with van der Waals surface area (Å²) < 4.78 is 53.9. The van der Waals surface area contributed by atoms with Crippen LogP contribution >= 0.6 is 0 Å². The second-order valence-corrected chi connectivity index (χ2v) is 16.8. The van der Waals surface area contributed by atoms with E-state index in [1.165, 1.54) is 57.8 Å². The summed E-state index contributed by atoms with van der Waals surface area (Å²) in [4.78, 5) is 25.3. The largest absolute Gasteiger partial charge is 0.462 e. The Hall–Kier alpha value is -2.91. The predicted molar refractivity (Wildman–Crippen MR) is 238 cm³/mol. The number of ether oxygens (including phenoxy) is 4. The van der Waals surface area contributed by atoms with E-state index in [0.717, 1.165) is 51.4 Å². The molecule has 0 aliphatic carbocycles. The highest BCUT2D eigenvalue weighted by atomic mass is 32.2. The number of unbranched alkanes of at least 4 members (excludes halogenated alkanes) is 12. The van der Waals surface area contributed by atoms with Crippen LogP contribution in [0.25, 0.3) is 0 Å². The lowest BCUT2D eigenvalue weighted by Crippen LogP contribution is -2.60. The van der Waals surface area contributed by atoms with Gasteiger partial charge in [-0.3, -0.25) is 14.1 Å². The molecule has 344 valence electrons. The molecule has 0 saturated carbocycles. The topological polar surface area (TPSA) is 186 Å². The van der Waals surface area contributed by atoms with Gasteiger partial charge in [0.15, 0.2) is 12.4 Å². The number of hydrogen-bond donors (Lipinski definition) is 4. The zero-order valence-electron chi connectivity index (χ0n) is 36.5. The number of carbonyl (C=O) groups excluding carboxylic acids is 2. The van der Waals surface area contributed by atoms with Gasteiger partial charge in [-0.1, -0.05) is 145 Å². The van der Waals surface area contributed by atoms with E-state index in [1.807, 2.05) is 18.2 Å². The van der Waals surface area contributed by atoms with Crippen molar-refractivity contribution < 1.29 is 56.8 Å². The van der Waals surface area contributed by atoms with E-state index in [0.29, 0.717) is 19.3 Å². The summed E-state index contributed by atoms with van der Waals surface area (Å²) in [6, 6.07) is 0. The van der Waals surface area contributed by atoms with Crippen molar-refractivity contribution in [2.45, 2.75) is 192 Å². The van der Waals surface area contributed by atoms with Gasteiger partial charge in [0.1, 0.15) is 36.8 Å². The first kappa shape index (κ1) is 55.1. The minimum absolute atomic E-state index is 0.0390. The maximum atomic E-state index is 12.7. The van der Waals surface area contributed by atoms with Crippen molar-refractivity contribution in [2.75, 3.05) is 19.0 Å². The molecule has 13 heteroatoms. The van der Waals surface area contributed by atoms with Crippen LogP contribution in [-0.4, -0.2) is 96.0 Å². The highest BCUT2D eigenvalue weighted by molar-refractivity contribution is 7.85. The maximum Gasteiger partial charge on any atom is 0.306 e. The Kier molecular flexibility index (Phi) is 33.7. The molecule has 1 aliphatic rings. The van der Waals surface area contributed by atoms with E-state index >= 15 is 0 Å². The molecule has 0 spiro atoms. The van der Waals surface area contributed by atoms with E-state index in [9.17, 15) is 37.9 Å². The Balaban J connectivity index is 2.46. The maximum absolute atomic E-state index is 12.7. The molecule has 0 bridgehead atoms. The SMILES string of the molecule is CC/C=C\C/C=C\C/C=C\C/C=C\CCC(=O)OC(COC(=O)CCCCCCCCCCC/C=C\C/C=C\CCCCC)COC1OC(CS(=O)(=O)O)C(O)C(O)C1O. The Labute approximate surface area is 361 Å². The average molecular weight is 867 g/mol. The first-order valence-corrected chi connectivity index (χ1v) is 24.1. The number of hydrogen-bond acceptors (Lipinski definition) is 11. The van der Waals surface area contributed by atoms with Crippen LogP contribution in [0.4, 0.5) is 0 Å². The van der Waals surface area contributed by atoms with Crippen molar-refractivity contribution in [3.8, 4) is 0 Å². The summed E-state index contributed by atoms with van der Waals surface area (Å²) in [7, 11) is -4.61. The summed E-state index contributed by atoms with van der Waals surface area (Å²) in [6.07, 6.45) is 36.8. The van der Waals surface area contributed by atoms with E-state index in [4.69, 9.17) is 18.9 Å². The number of allylic oxidation sites excluding steroid dienone is 12. The Morgan fingerprint density at radius 1 is 0.583 bits per heavy atom. The normalized spacial score (nSPS) is 20.8. The molecule has 0 aromatic rings. The summed E-state index contributed by atoms with van der Waals surface area (Å²) in [5.41, 5.74) is 0. The fourth-order valence-electron chi connectivity index (χ4n) is 6.31. The number of aliphatic hydroxyl groups excluding tert-OH is 3. The minimum Gasteiger partial charge on any atom is -0.462 e. The van der Waals surface area contributed by atoms with Crippen molar-refractivity contribution in [3.05, 3.63) is 72.9 Å². The lowest BCUT2D eigenvalue weighted by molar-refractivity contribution is -0.297. The molecule has 4 N–H and O–H groups in total. The molecule has 0 aromatic heterocycles. The molecule has 0 radical (unpaired) electrons. The first-order valence-electron chi connectivity index (χ1n) is 22.5. The van der Waals surface area contributed by atoms with E-state index in [2.05, 4.69) is 68.5 Å². The van der Waals surface area contributed by atoms with Crippen LogP contribution < -0.4 is 0 Å².